The van der Waals surface area contributed by atoms with Crippen LogP contribution in [0.2, 0.25) is 0 Å². The van der Waals surface area contributed by atoms with Crippen LogP contribution in [0.1, 0.15) is 12.5 Å². The first-order valence-electron chi connectivity index (χ1n) is 6.47. The van der Waals surface area contributed by atoms with E-state index in [1.54, 1.807) is 16.9 Å². The smallest absolute Gasteiger partial charge is 0.211 e. The fourth-order valence-electron chi connectivity index (χ4n) is 2.05. The van der Waals surface area contributed by atoms with Gasteiger partial charge in [0, 0.05) is 5.69 Å². The number of rotatable bonds is 4. The molecule has 100 valence electrons. The Bertz CT molecular complexity index is 746. The Morgan fingerprint density at radius 3 is 2.55 bits per heavy atom. The van der Waals surface area contributed by atoms with Crippen LogP contribution < -0.4 is 5.32 Å². The minimum atomic E-state index is 0.648. The molecule has 0 radical (unpaired) electrons. The number of hydrogen-bond acceptors (Lipinski definition) is 3. The normalized spacial score (nSPS) is 10.7. The lowest BCUT2D eigenvalue weighted by Gasteiger charge is -2.00. The van der Waals surface area contributed by atoms with Crippen LogP contribution in [0.4, 0.5) is 5.69 Å². The molecule has 1 heterocycles. The molecule has 0 aliphatic heterocycles. The van der Waals surface area contributed by atoms with Gasteiger partial charge in [-0.2, -0.15) is 4.80 Å². The number of aromatic nitrogens is 3. The number of amides is 1. The fraction of sp³-hybridized carbons (Fsp3) is 0.133. The molecule has 0 aliphatic carbocycles. The van der Waals surface area contributed by atoms with Gasteiger partial charge in [-0.15, -0.1) is 10.2 Å². The Hall–Kier alpha value is -2.69. The van der Waals surface area contributed by atoms with Gasteiger partial charge in [-0.05, 0) is 42.3 Å². The van der Waals surface area contributed by atoms with Crippen LogP contribution in [0, 0.1) is 0 Å². The van der Waals surface area contributed by atoms with Gasteiger partial charge in [0.15, 0.2) is 0 Å². The molecule has 3 aromatic rings. The van der Waals surface area contributed by atoms with Crippen molar-refractivity contribution < 1.29 is 4.79 Å². The summed E-state index contributed by atoms with van der Waals surface area (Å²) in [6, 6.07) is 13.6. The molecule has 0 aliphatic rings. The number of nitrogens with one attached hydrogen (secondary N) is 1. The van der Waals surface area contributed by atoms with Crippen molar-refractivity contribution in [1.82, 2.24) is 15.0 Å². The van der Waals surface area contributed by atoms with Crippen molar-refractivity contribution in [2.24, 2.45) is 0 Å². The van der Waals surface area contributed by atoms with Crippen molar-refractivity contribution in [3.8, 4) is 5.69 Å². The highest BCUT2D eigenvalue weighted by Crippen LogP contribution is 2.17. The lowest BCUT2D eigenvalue weighted by atomic mass is 10.2. The second kappa shape index (κ2) is 5.13. The summed E-state index contributed by atoms with van der Waals surface area (Å²) in [6.07, 6.45) is 1.66. The van der Waals surface area contributed by atoms with Crippen LogP contribution in [-0.2, 0) is 11.2 Å². The second-order valence-electron chi connectivity index (χ2n) is 4.48. The highest BCUT2D eigenvalue weighted by Gasteiger charge is 2.05. The largest absolute Gasteiger partial charge is 0.329 e. The molecule has 0 saturated carbocycles. The van der Waals surface area contributed by atoms with Gasteiger partial charge >= 0.3 is 0 Å². The van der Waals surface area contributed by atoms with Crippen LogP contribution in [0.5, 0.6) is 0 Å². The predicted molar refractivity (Wildman–Crippen MR) is 77.9 cm³/mol. The molecule has 3 rings (SSSR count). The van der Waals surface area contributed by atoms with Gasteiger partial charge in [0.05, 0.1) is 5.69 Å². The molecule has 0 bridgehead atoms. The van der Waals surface area contributed by atoms with E-state index in [9.17, 15) is 4.79 Å². The van der Waals surface area contributed by atoms with Crippen molar-refractivity contribution in [2.75, 3.05) is 5.32 Å². The van der Waals surface area contributed by atoms with Crippen molar-refractivity contribution in [3.05, 3.63) is 48.0 Å². The quantitative estimate of drug-likeness (QED) is 0.738. The van der Waals surface area contributed by atoms with E-state index in [0.29, 0.717) is 12.1 Å². The summed E-state index contributed by atoms with van der Waals surface area (Å²) in [5.41, 5.74) is 4.45. The molecule has 0 fully saturated rings. The number of carbonyl (C=O) groups excluding carboxylic acids is 1. The molecule has 20 heavy (non-hydrogen) atoms. The Kier molecular flexibility index (Phi) is 3.16. The van der Waals surface area contributed by atoms with Gasteiger partial charge in [-0.3, -0.25) is 4.79 Å². The highest BCUT2D eigenvalue weighted by atomic mass is 16.1. The van der Waals surface area contributed by atoms with Gasteiger partial charge in [0.2, 0.25) is 6.41 Å². The number of carbonyl (C=O) groups is 1. The van der Waals surface area contributed by atoms with Crippen molar-refractivity contribution in [1.29, 1.82) is 0 Å². The molecule has 0 unspecified atom stereocenters. The Balaban J connectivity index is 2.00. The summed E-state index contributed by atoms with van der Waals surface area (Å²) in [6.45, 7) is 2.12. The third-order valence-electron chi connectivity index (χ3n) is 3.18. The first-order valence-corrected chi connectivity index (χ1v) is 6.47. The predicted octanol–water partition coefficient (Wildman–Crippen LogP) is 2.55. The maximum absolute atomic E-state index is 10.4. The molecule has 2 aromatic carbocycles. The summed E-state index contributed by atoms with van der Waals surface area (Å²) in [5.74, 6) is 0. The third kappa shape index (κ3) is 2.25. The van der Waals surface area contributed by atoms with Crippen LogP contribution in [-0.4, -0.2) is 21.4 Å². The molecule has 0 saturated heterocycles. The van der Waals surface area contributed by atoms with Gasteiger partial charge < -0.3 is 5.32 Å². The maximum Gasteiger partial charge on any atom is 0.211 e. The number of aryl methyl sites for hydroxylation is 1. The lowest BCUT2D eigenvalue weighted by molar-refractivity contribution is -0.105. The summed E-state index contributed by atoms with van der Waals surface area (Å²) in [5, 5.41) is 11.5. The van der Waals surface area contributed by atoms with E-state index in [2.05, 4.69) is 34.6 Å². The highest BCUT2D eigenvalue weighted by molar-refractivity contribution is 5.82. The fourth-order valence-corrected chi connectivity index (χ4v) is 2.05. The summed E-state index contributed by atoms with van der Waals surface area (Å²) in [7, 11) is 0. The number of hydrogen-bond donors (Lipinski definition) is 1. The molecule has 0 atom stereocenters. The standard InChI is InChI=1S/C15H14N4O/c1-2-11-3-6-13(7-4-11)19-17-14-8-5-12(16-10-20)9-15(14)18-19/h3-10H,2H2,1H3,(H,16,20). The summed E-state index contributed by atoms with van der Waals surface area (Å²) >= 11 is 0. The van der Waals surface area contributed by atoms with E-state index in [-0.39, 0.29) is 0 Å². The monoisotopic (exact) mass is 266 g/mol. The van der Waals surface area contributed by atoms with Crippen molar-refractivity contribution in [2.45, 2.75) is 13.3 Å². The van der Waals surface area contributed by atoms with Crippen LogP contribution >= 0.6 is 0 Å². The summed E-state index contributed by atoms with van der Waals surface area (Å²) in [4.78, 5) is 12.1. The van der Waals surface area contributed by atoms with Gasteiger partial charge in [-0.1, -0.05) is 19.1 Å². The molecular formula is C15H14N4O. The zero-order chi connectivity index (χ0) is 13.9. The molecular weight excluding hydrogens is 252 g/mol. The van der Waals surface area contributed by atoms with Gasteiger partial charge in [-0.25, -0.2) is 0 Å². The molecule has 0 spiro atoms. The first-order chi connectivity index (χ1) is 9.80. The molecule has 1 amide bonds. The zero-order valence-electron chi connectivity index (χ0n) is 11.1. The van der Waals surface area contributed by atoms with E-state index in [0.717, 1.165) is 23.1 Å². The Labute approximate surface area is 116 Å². The topological polar surface area (TPSA) is 59.8 Å². The average molecular weight is 266 g/mol. The van der Waals surface area contributed by atoms with E-state index in [1.807, 2.05) is 18.2 Å². The zero-order valence-corrected chi connectivity index (χ0v) is 11.1. The van der Waals surface area contributed by atoms with Crippen LogP contribution in [0.3, 0.4) is 0 Å². The number of anilines is 1. The lowest BCUT2D eigenvalue weighted by Crippen LogP contribution is -1.98. The third-order valence-corrected chi connectivity index (χ3v) is 3.18. The number of fused-ring (bicyclic) bond motifs is 1. The molecule has 1 N–H and O–H groups in total. The minimum absolute atomic E-state index is 0.648. The summed E-state index contributed by atoms with van der Waals surface area (Å²) < 4.78 is 0. The first kappa shape index (κ1) is 12.3. The Morgan fingerprint density at radius 1 is 1.10 bits per heavy atom. The minimum Gasteiger partial charge on any atom is -0.329 e. The number of benzene rings is 2. The van der Waals surface area contributed by atoms with E-state index >= 15 is 0 Å². The van der Waals surface area contributed by atoms with E-state index in [4.69, 9.17) is 0 Å². The molecule has 5 heteroatoms. The SMILES string of the molecule is CCc1ccc(-n2nc3ccc(NC=O)cc3n2)cc1. The maximum atomic E-state index is 10.4. The van der Waals surface area contributed by atoms with Crippen molar-refractivity contribution in [3.63, 3.8) is 0 Å². The van der Waals surface area contributed by atoms with E-state index in [1.165, 1.54) is 5.56 Å². The Morgan fingerprint density at radius 2 is 1.85 bits per heavy atom. The van der Waals surface area contributed by atoms with Crippen LogP contribution in [0.25, 0.3) is 16.7 Å². The van der Waals surface area contributed by atoms with Gasteiger partial charge in [0.1, 0.15) is 11.0 Å². The molecule has 5 nitrogen and oxygen atoms in total. The second-order valence-corrected chi connectivity index (χ2v) is 4.48. The average Bonchev–Trinajstić information content (AvgIpc) is 2.91. The van der Waals surface area contributed by atoms with E-state index < -0.39 is 0 Å². The van der Waals surface area contributed by atoms with Crippen molar-refractivity contribution >= 4 is 23.1 Å². The molecule has 1 aromatic heterocycles. The van der Waals surface area contributed by atoms with Gasteiger partial charge in [0.25, 0.3) is 0 Å². The van der Waals surface area contributed by atoms with Crippen LogP contribution in [0.15, 0.2) is 42.5 Å². The number of nitrogens with zero attached hydrogens (tertiary/aromatic N) is 3.